The van der Waals surface area contributed by atoms with Crippen LogP contribution < -0.4 is 4.90 Å². The fourth-order valence-electron chi connectivity index (χ4n) is 4.82. The van der Waals surface area contributed by atoms with E-state index in [4.69, 9.17) is 0 Å². The molecule has 1 spiro atoms. The maximum Gasteiger partial charge on any atom is 0.416 e. The van der Waals surface area contributed by atoms with Gasteiger partial charge in [0.25, 0.3) is 5.91 Å². The molecule has 0 aliphatic carbocycles. The molecule has 33 heavy (non-hydrogen) atoms. The van der Waals surface area contributed by atoms with Crippen LogP contribution in [0.5, 0.6) is 0 Å². The molecule has 9 heteroatoms. The fourth-order valence-corrected chi connectivity index (χ4v) is 4.82. The van der Waals surface area contributed by atoms with Crippen LogP contribution in [-0.2, 0) is 17.8 Å². The van der Waals surface area contributed by atoms with Crippen molar-refractivity contribution in [1.82, 2.24) is 4.90 Å². The number of piperidine rings is 1. The maximum atomic E-state index is 13.3. The first-order valence-electron chi connectivity index (χ1n) is 10.5. The van der Waals surface area contributed by atoms with Gasteiger partial charge in [0, 0.05) is 29.8 Å². The molecule has 2 aliphatic rings. The summed E-state index contributed by atoms with van der Waals surface area (Å²) in [7, 11) is 0. The Labute approximate surface area is 187 Å². The van der Waals surface area contributed by atoms with Gasteiger partial charge in [-0.3, -0.25) is 9.69 Å². The molecule has 3 nitrogen and oxygen atoms in total. The van der Waals surface area contributed by atoms with E-state index < -0.39 is 40.4 Å². The monoisotopic (exact) mass is 468 g/mol. The highest BCUT2D eigenvalue weighted by molar-refractivity contribution is 6.08. The molecule has 0 atom stereocenters. The molecule has 0 bridgehead atoms. The van der Waals surface area contributed by atoms with E-state index in [9.17, 15) is 31.1 Å². The second kappa shape index (κ2) is 8.20. The normalized spacial score (nSPS) is 18.4. The second-order valence-corrected chi connectivity index (χ2v) is 8.57. The van der Waals surface area contributed by atoms with E-state index in [1.807, 2.05) is 18.2 Å². The molecular formula is C24H22F6N2O. The third-order valence-electron chi connectivity index (χ3n) is 6.51. The van der Waals surface area contributed by atoms with Gasteiger partial charge >= 0.3 is 12.4 Å². The van der Waals surface area contributed by atoms with Gasteiger partial charge in [0.2, 0.25) is 0 Å². The predicted molar refractivity (Wildman–Crippen MR) is 112 cm³/mol. The van der Waals surface area contributed by atoms with Gasteiger partial charge in [0.15, 0.2) is 0 Å². The maximum absolute atomic E-state index is 13.3. The van der Waals surface area contributed by atoms with Crippen LogP contribution in [0.1, 0.15) is 39.9 Å². The first kappa shape index (κ1) is 23.4. The highest BCUT2D eigenvalue weighted by Gasteiger charge is 2.46. The van der Waals surface area contributed by atoms with Gasteiger partial charge in [0.1, 0.15) is 0 Å². The number of hydrogen-bond acceptors (Lipinski definition) is 2. The summed E-state index contributed by atoms with van der Waals surface area (Å²) in [6, 6.07) is 8.14. The van der Waals surface area contributed by atoms with Crippen LogP contribution in [0.25, 0.3) is 0 Å². The molecule has 0 aromatic heterocycles. The summed E-state index contributed by atoms with van der Waals surface area (Å²) in [6.45, 7) is 6.19. The number of carbonyl (C=O) groups is 1. The number of nitrogens with zero attached hydrogens (tertiary/aromatic N) is 2. The lowest BCUT2D eigenvalue weighted by Crippen LogP contribution is -2.46. The van der Waals surface area contributed by atoms with Crippen LogP contribution in [0.3, 0.4) is 0 Å². The highest BCUT2D eigenvalue weighted by Crippen LogP contribution is 2.47. The van der Waals surface area contributed by atoms with Crippen LogP contribution in [0.4, 0.5) is 32.0 Å². The quantitative estimate of drug-likeness (QED) is 0.414. The van der Waals surface area contributed by atoms with Gasteiger partial charge < -0.3 is 4.90 Å². The molecule has 1 saturated heterocycles. The Morgan fingerprint density at radius 3 is 2.09 bits per heavy atom. The largest absolute Gasteiger partial charge is 0.416 e. The van der Waals surface area contributed by atoms with Crippen molar-refractivity contribution in [3.05, 3.63) is 77.4 Å². The molecular weight excluding hydrogens is 446 g/mol. The van der Waals surface area contributed by atoms with Gasteiger partial charge in [-0.25, -0.2) is 0 Å². The highest BCUT2D eigenvalue weighted by atomic mass is 19.4. The smallest absolute Gasteiger partial charge is 0.307 e. The van der Waals surface area contributed by atoms with E-state index in [2.05, 4.69) is 11.5 Å². The molecule has 0 radical (unpaired) electrons. The lowest BCUT2D eigenvalue weighted by Gasteiger charge is -2.39. The third kappa shape index (κ3) is 4.38. The Morgan fingerprint density at radius 1 is 0.970 bits per heavy atom. The van der Waals surface area contributed by atoms with E-state index in [0.29, 0.717) is 17.8 Å². The number of rotatable bonds is 3. The number of fused-ring (bicyclic) bond motifs is 2. The summed E-state index contributed by atoms with van der Waals surface area (Å²) < 4.78 is 79.8. The number of para-hydroxylation sites is 1. The minimum absolute atomic E-state index is 0.0333. The Balaban J connectivity index is 1.72. The number of halogens is 6. The number of alkyl halides is 6. The summed E-state index contributed by atoms with van der Waals surface area (Å²) in [5, 5.41) is 0. The Morgan fingerprint density at radius 2 is 1.55 bits per heavy atom. The lowest BCUT2D eigenvalue weighted by atomic mass is 9.74. The van der Waals surface area contributed by atoms with Crippen LogP contribution in [-0.4, -0.2) is 37.0 Å². The number of amides is 1. The van der Waals surface area contributed by atoms with E-state index in [-0.39, 0.29) is 12.6 Å². The van der Waals surface area contributed by atoms with Gasteiger partial charge in [0.05, 0.1) is 11.1 Å². The van der Waals surface area contributed by atoms with E-state index in [0.717, 1.165) is 38.0 Å². The molecule has 0 unspecified atom stereocenters. The van der Waals surface area contributed by atoms with E-state index in [1.165, 1.54) is 4.90 Å². The zero-order valence-corrected chi connectivity index (χ0v) is 17.6. The topological polar surface area (TPSA) is 23.6 Å². The number of carbonyl (C=O) groups excluding carboxylic acids is 1. The molecule has 2 aromatic rings. The molecule has 2 heterocycles. The molecule has 1 fully saturated rings. The minimum Gasteiger partial charge on any atom is -0.307 e. The van der Waals surface area contributed by atoms with Crippen molar-refractivity contribution in [3.8, 4) is 0 Å². The summed E-state index contributed by atoms with van der Waals surface area (Å²) in [5.74, 6) is -0.871. The molecule has 1 amide bonds. The van der Waals surface area contributed by atoms with Gasteiger partial charge in [-0.1, -0.05) is 24.3 Å². The molecule has 4 rings (SSSR count). The van der Waals surface area contributed by atoms with Crippen molar-refractivity contribution in [1.29, 1.82) is 0 Å². The van der Waals surface area contributed by atoms with Crippen LogP contribution in [0.2, 0.25) is 0 Å². The van der Waals surface area contributed by atoms with Crippen molar-refractivity contribution in [2.24, 2.45) is 0 Å². The van der Waals surface area contributed by atoms with Crippen molar-refractivity contribution in [2.75, 3.05) is 31.1 Å². The van der Waals surface area contributed by atoms with Gasteiger partial charge in [-0.2, -0.15) is 26.3 Å². The average Bonchev–Trinajstić information content (AvgIpc) is 3.08. The van der Waals surface area contributed by atoms with Crippen LogP contribution >= 0.6 is 0 Å². The number of anilines is 1. The standard InChI is InChI=1S/C24H22F6N2O/c1-2-9-31-10-7-22(8-11-31)15-32(20-6-4-3-5-19(20)22)21(33)16-12-17(23(25,26)27)14-18(13-16)24(28,29)30/h2-6,12-14H,1,7-11,15H2. The minimum atomic E-state index is -5.02. The SMILES string of the molecule is C=CCN1CCC2(CC1)CN(C(=O)c1cc(C(F)(F)F)cc(C(F)(F)F)c1)c1ccccc12. The Hall–Kier alpha value is -2.81. The zero-order chi connectivity index (χ0) is 24.0. The second-order valence-electron chi connectivity index (χ2n) is 8.57. The van der Waals surface area contributed by atoms with Crippen molar-refractivity contribution in [3.63, 3.8) is 0 Å². The van der Waals surface area contributed by atoms with Gasteiger partial charge in [-0.15, -0.1) is 6.58 Å². The summed E-state index contributed by atoms with van der Waals surface area (Å²) in [5.41, 5.74) is -2.59. The molecule has 2 aromatic carbocycles. The van der Waals surface area contributed by atoms with Crippen LogP contribution in [0.15, 0.2) is 55.1 Å². The fraction of sp³-hybridized carbons (Fsp3) is 0.375. The average molecular weight is 468 g/mol. The molecule has 176 valence electrons. The van der Waals surface area contributed by atoms with E-state index in [1.54, 1.807) is 12.1 Å². The molecule has 0 N–H and O–H groups in total. The molecule has 0 saturated carbocycles. The van der Waals surface area contributed by atoms with Crippen molar-refractivity contribution in [2.45, 2.75) is 30.6 Å². The van der Waals surface area contributed by atoms with Crippen molar-refractivity contribution < 1.29 is 31.1 Å². The first-order valence-corrected chi connectivity index (χ1v) is 10.5. The zero-order valence-electron chi connectivity index (χ0n) is 17.6. The van der Waals surface area contributed by atoms with E-state index >= 15 is 0 Å². The number of benzene rings is 2. The summed E-state index contributed by atoms with van der Waals surface area (Å²) >= 11 is 0. The number of hydrogen-bond donors (Lipinski definition) is 0. The third-order valence-corrected chi connectivity index (χ3v) is 6.51. The predicted octanol–water partition coefficient (Wildman–Crippen LogP) is 5.90. The first-order chi connectivity index (χ1) is 15.4. The van der Waals surface area contributed by atoms with Gasteiger partial charge in [-0.05, 0) is 55.8 Å². The van der Waals surface area contributed by atoms with Crippen LogP contribution in [0, 0.1) is 0 Å². The molecule has 2 aliphatic heterocycles. The summed E-state index contributed by atoms with van der Waals surface area (Å²) in [6.07, 6.45) is -6.78. The Bertz CT molecular complexity index is 1040. The Kier molecular flexibility index (Phi) is 5.80. The number of likely N-dealkylation sites (tertiary alicyclic amines) is 1. The van der Waals surface area contributed by atoms with Crippen molar-refractivity contribution >= 4 is 11.6 Å². The summed E-state index contributed by atoms with van der Waals surface area (Å²) in [4.78, 5) is 16.9. The lowest BCUT2D eigenvalue weighted by molar-refractivity contribution is -0.143.